The van der Waals surface area contributed by atoms with Gasteiger partial charge in [0.15, 0.2) is 6.10 Å². The average Bonchev–Trinajstić information content (AvgIpc) is 3.24. The van der Waals surface area contributed by atoms with E-state index < -0.39 is 6.10 Å². The van der Waals surface area contributed by atoms with Crippen LogP contribution in [0.1, 0.15) is 245 Å². The van der Waals surface area contributed by atoms with Crippen molar-refractivity contribution in [2.24, 2.45) is 0 Å². The predicted octanol–water partition coefficient (Wildman–Crippen LogP) is 16.5. The Balaban J connectivity index is 4.45. The normalized spacial score (nSPS) is 12.5. The van der Waals surface area contributed by atoms with Gasteiger partial charge in [-0.3, -0.25) is 14.4 Å². The standard InChI is InChI=1S/C54H94O6/c1-4-7-10-13-16-19-22-25-26-27-28-30-32-35-38-41-44-47-53(56)59-50-51(49-58-52(55)46-43-40-37-34-31-24-21-18-15-12-9-6-3)60-54(57)48-45-42-39-36-33-29-23-20-17-14-11-8-5-2/h9,12,18,21,25-26,28,30,35,38,51H,4-8,10-11,13-17,19-20,22-24,27,29,31-34,36-37,39-50H2,1-3H3/b12-9-,21-18-,26-25-,30-28-,38-35-. The highest BCUT2D eigenvalue weighted by Gasteiger charge is 2.19. The van der Waals surface area contributed by atoms with Crippen molar-refractivity contribution in [3.63, 3.8) is 0 Å². The van der Waals surface area contributed by atoms with Crippen molar-refractivity contribution in [1.82, 2.24) is 0 Å². The summed E-state index contributed by atoms with van der Waals surface area (Å²) < 4.78 is 16.7. The van der Waals surface area contributed by atoms with Crippen LogP contribution in [0.4, 0.5) is 0 Å². The van der Waals surface area contributed by atoms with Crippen molar-refractivity contribution in [3.8, 4) is 0 Å². The number of ether oxygens (including phenoxy) is 3. The Kier molecular flexibility index (Phi) is 46.4. The third-order valence-corrected chi connectivity index (χ3v) is 10.8. The van der Waals surface area contributed by atoms with Gasteiger partial charge in [0.1, 0.15) is 13.2 Å². The summed E-state index contributed by atoms with van der Waals surface area (Å²) in [6.07, 6.45) is 59.2. The number of unbranched alkanes of at least 4 members (excludes halogenated alkanes) is 24. The van der Waals surface area contributed by atoms with Crippen molar-refractivity contribution in [3.05, 3.63) is 60.8 Å². The summed E-state index contributed by atoms with van der Waals surface area (Å²) in [5.74, 6) is -0.960. The van der Waals surface area contributed by atoms with Gasteiger partial charge in [-0.15, -0.1) is 0 Å². The molecule has 0 N–H and O–H groups in total. The molecule has 0 aromatic rings. The molecule has 0 saturated carbocycles. The molecule has 0 aliphatic rings. The van der Waals surface area contributed by atoms with Gasteiger partial charge in [0.05, 0.1) is 0 Å². The Hall–Kier alpha value is -2.89. The Morgan fingerprint density at radius 2 is 0.667 bits per heavy atom. The van der Waals surface area contributed by atoms with Gasteiger partial charge in [-0.25, -0.2) is 0 Å². The topological polar surface area (TPSA) is 78.9 Å². The molecule has 1 atom stereocenters. The molecule has 0 saturated heterocycles. The summed E-state index contributed by atoms with van der Waals surface area (Å²) in [5, 5.41) is 0. The van der Waals surface area contributed by atoms with Crippen molar-refractivity contribution in [1.29, 1.82) is 0 Å². The number of esters is 3. The van der Waals surface area contributed by atoms with Crippen LogP contribution in [0, 0.1) is 0 Å². The molecule has 0 aromatic carbocycles. The lowest BCUT2D eigenvalue weighted by atomic mass is 10.0. The third kappa shape index (κ3) is 46.2. The Bertz CT molecular complexity index is 1100. The van der Waals surface area contributed by atoms with Crippen LogP contribution in [0.5, 0.6) is 0 Å². The minimum Gasteiger partial charge on any atom is -0.462 e. The van der Waals surface area contributed by atoms with E-state index in [0.29, 0.717) is 19.3 Å². The molecule has 0 rings (SSSR count). The Labute approximate surface area is 370 Å². The molecular weight excluding hydrogens is 745 g/mol. The highest BCUT2D eigenvalue weighted by Crippen LogP contribution is 2.15. The first-order valence-corrected chi connectivity index (χ1v) is 25.3. The van der Waals surface area contributed by atoms with E-state index in [1.807, 2.05) is 0 Å². The van der Waals surface area contributed by atoms with Gasteiger partial charge >= 0.3 is 17.9 Å². The summed E-state index contributed by atoms with van der Waals surface area (Å²) >= 11 is 0. The zero-order valence-electron chi connectivity index (χ0n) is 39.5. The molecule has 0 amide bonds. The molecule has 0 aliphatic heterocycles. The maximum Gasteiger partial charge on any atom is 0.306 e. The van der Waals surface area contributed by atoms with Gasteiger partial charge in [-0.2, -0.15) is 0 Å². The molecule has 0 heterocycles. The fourth-order valence-corrected chi connectivity index (χ4v) is 6.97. The highest BCUT2D eigenvalue weighted by molar-refractivity contribution is 5.71. The van der Waals surface area contributed by atoms with Gasteiger partial charge in [0.25, 0.3) is 0 Å². The molecule has 0 fully saturated rings. The second-order valence-electron chi connectivity index (χ2n) is 16.7. The smallest absolute Gasteiger partial charge is 0.306 e. The van der Waals surface area contributed by atoms with E-state index in [1.54, 1.807) is 0 Å². The number of hydrogen-bond acceptors (Lipinski definition) is 6. The number of carbonyl (C=O) groups excluding carboxylic acids is 3. The summed E-state index contributed by atoms with van der Waals surface area (Å²) in [7, 11) is 0. The quantitative estimate of drug-likeness (QED) is 0.0263. The van der Waals surface area contributed by atoms with Crippen LogP contribution >= 0.6 is 0 Å². The number of hydrogen-bond donors (Lipinski definition) is 0. The molecule has 0 aromatic heterocycles. The molecule has 6 nitrogen and oxygen atoms in total. The molecule has 0 radical (unpaired) electrons. The molecule has 0 spiro atoms. The fraction of sp³-hybridized carbons (Fsp3) is 0.759. The van der Waals surface area contributed by atoms with Crippen molar-refractivity contribution in [2.45, 2.75) is 252 Å². The molecule has 346 valence electrons. The summed E-state index contributed by atoms with van der Waals surface area (Å²) in [6, 6.07) is 0. The number of allylic oxidation sites excluding steroid dienone is 10. The zero-order chi connectivity index (χ0) is 43.7. The Morgan fingerprint density at radius 1 is 0.350 bits per heavy atom. The summed E-state index contributed by atoms with van der Waals surface area (Å²) in [5.41, 5.74) is 0. The fourth-order valence-electron chi connectivity index (χ4n) is 6.97. The average molecular weight is 839 g/mol. The van der Waals surface area contributed by atoms with E-state index in [-0.39, 0.29) is 37.5 Å². The molecular formula is C54H94O6. The minimum absolute atomic E-state index is 0.0958. The lowest BCUT2D eigenvalue weighted by molar-refractivity contribution is -0.167. The van der Waals surface area contributed by atoms with Gasteiger partial charge in [-0.05, 0) is 77.0 Å². The first-order chi connectivity index (χ1) is 29.5. The zero-order valence-corrected chi connectivity index (χ0v) is 39.5. The van der Waals surface area contributed by atoms with E-state index in [0.717, 1.165) is 89.9 Å². The van der Waals surface area contributed by atoms with Crippen molar-refractivity contribution in [2.75, 3.05) is 13.2 Å². The monoisotopic (exact) mass is 839 g/mol. The van der Waals surface area contributed by atoms with E-state index >= 15 is 0 Å². The summed E-state index contributed by atoms with van der Waals surface area (Å²) in [6.45, 7) is 6.47. The van der Waals surface area contributed by atoms with Crippen LogP contribution in [-0.4, -0.2) is 37.2 Å². The minimum atomic E-state index is -0.796. The second-order valence-corrected chi connectivity index (χ2v) is 16.7. The van der Waals surface area contributed by atoms with E-state index in [4.69, 9.17) is 14.2 Å². The first kappa shape index (κ1) is 57.1. The van der Waals surface area contributed by atoms with Gasteiger partial charge in [-0.1, -0.05) is 210 Å². The van der Waals surface area contributed by atoms with Crippen LogP contribution in [0.3, 0.4) is 0 Å². The van der Waals surface area contributed by atoms with Crippen LogP contribution in [0.15, 0.2) is 60.8 Å². The van der Waals surface area contributed by atoms with Crippen LogP contribution in [-0.2, 0) is 28.6 Å². The largest absolute Gasteiger partial charge is 0.462 e. The van der Waals surface area contributed by atoms with Crippen LogP contribution in [0.25, 0.3) is 0 Å². The van der Waals surface area contributed by atoms with Crippen molar-refractivity contribution >= 4 is 17.9 Å². The second kappa shape index (κ2) is 48.8. The van der Waals surface area contributed by atoms with Gasteiger partial charge in [0, 0.05) is 19.3 Å². The van der Waals surface area contributed by atoms with Crippen LogP contribution in [0.2, 0.25) is 0 Å². The lowest BCUT2D eigenvalue weighted by Crippen LogP contribution is -2.30. The molecule has 6 heteroatoms. The highest BCUT2D eigenvalue weighted by atomic mass is 16.6. The SMILES string of the molecule is CC/C=C\C/C=C\CCCCCCCC(=O)OCC(COC(=O)CCC/C=C\C/C=C\C/C=C\CCCCCCCC)OC(=O)CCCCCCCCCCCCCCC. The van der Waals surface area contributed by atoms with Gasteiger partial charge in [0.2, 0.25) is 0 Å². The summed E-state index contributed by atoms with van der Waals surface area (Å²) in [4.78, 5) is 37.9. The first-order valence-electron chi connectivity index (χ1n) is 25.3. The van der Waals surface area contributed by atoms with E-state index in [9.17, 15) is 14.4 Å². The van der Waals surface area contributed by atoms with E-state index in [2.05, 4.69) is 81.5 Å². The van der Waals surface area contributed by atoms with E-state index in [1.165, 1.54) is 109 Å². The maximum atomic E-state index is 12.8. The molecule has 1 unspecified atom stereocenters. The third-order valence-electron chi connectivity index (χ3n) is 10.8. The lowest BCUT2D eigenvalue weighted by Gasteiger charge is -2.18. The molecule has 0 aliphatic carbocycles. The number of carbonyl (C=O) groups is 3. The van der Waals surface area contributed by atoms with Crippen LogP contribution < -0.4 is 0 Å². The molecule has 0 bridgehead atoms. The molecule has 60 heavy (non-hydrogen) atoms. The predicted molar refractivity (Wildman–Crippen MR) is 256 cm³/mol. The maximum absolute atomic E-state index is 12.8. The van der Waals surface area contributed by atoms with Crippen molar-refractivity contribution < 1.29 is 28.6 Å². The van der Waals surface area contributed by atoms with Gasteiger partial charge < -0.3 is 14.2 Å². The Morgan fingerprint density at radius 3 is 1.08 bits per heavy atom. The number of rotatable bonds is 45.